The number of carbonyl (C=O) groups is 2. The zero-order chi connectivity index (χ0) is 21.7. The normalized spacial score (nSPS) is 10.7. The minimum absolute atomic E-state index is 0.235. The third-order valence-electron chi connectivity index (χ3n) is 4.07. The van der Waals surface area contributed by atoms with Gasteiger partial charge in [0.05, 0.1) is 11.3 Å². The summed E-state index contributed by atoms with van der Waals surface area (Å²) in [4.78, 5) is 34.3. The average molecular weight is 418 g/mol. The minimum Gasteiger partial charge on any atom is -0.329 e. The number of aromatic nitrogens is 4. The Hall–Kier alpha value is -3.76. The molecule has 0 aliphatic rings. The predicted molar refractivity (Wildman–Crippen MR) is 100 cm³/mol. The highest BCUT2D eigenvalue weighted by molar-refractivity contribution is 5.99. The maximum absolute atomic E-state index is 13.8. The third-order valence-corrected chi connectivity index (χ3v) is 4.07. The van der Waals surface area contributed by atoms with E-state index in [1.807, 2.05) is 6.92 Å². The van der Waals surface area contributed by atoms with E-state index in [9.17, 15) is 22.8 Å². The fourth-order valence-electron chi connectivity index (χ4n) is 2.67. The van der Waals surface area contributed by atoms with Crippen molar-refractivity contribution in [2.24, 2.45) is 0 Å². The molecule has 3 rings (SSSR count). The Labute approximate surface area is 169 Å². The van der Waals surface area contributed by atoms with Crippen molar-refractivity contribution in [3.8, 4) is 5.82 Å². The standard InChI is InChI=1S/C19H17F3N6O2/c1-2-7-27(9-16(29)26-14-5-4-13(20)17(21)18(14)22)19(30)12-3-6-15(24-8-12)28-11-23-10-25-28/h3-6,8,10-11H,2,7,9H2,1H3,(H,26,29). The average Bonchev–Trinajstić information content (AvgIpc) is 3.28. The summed E-state index contributed by atoms with van der Waals surface area (Å²) < 4.78 is 41.5. The molecule has 0 saturated heterocycles. The first-order chi connectivity index (χ1) is 14.4. The monoisotopic (exact) mass is 418 g/mol. The van der Waals surface area contributed by atoms with Crippen molar-refractivity contribution in [1.82, 2.24) is 24.6 Å². The van der Waals surface area contributed by atoms with Crippen LogP contribution in [0.4, 0.5) is 18.9 Å². The summed E-state index contributed by atoms with van der Waals surface area (Å²) >= 11 is 0. The molecule has 0 fully saturated rings. The molecule has 0 aliphatic heterocycles. The van der Waals surface area contributed by atoms with Crippen molar-refractivity contribution >= 4 is 17.5 Å². The van der Waals surface area contributed by atoms with Crippen molar-refractivity contribution in [1.29, 1.82) is 0 Å². The molecule has 2 amide bonds. The summed E-state index contributed by atoms with van der Waals surface area (Å²) in [6, 6.07) is 4.71. The second kappa shape index (κ2) is 9.16. The van der Waals surface area contributed by atoms with Gasteiger partial charge in [0.1, 0.15) is 19.2 Å². The molecule has 0 spiro atoms. The summed E-state index contributed by atoms with van der Waals surface area (Å²) in [6.07, 6.45) is 4.70. The number of pyridine rings is 1. The van der Waals surface area contributed by atoms with Crippen LogP contribution in [0.3, 0.4) is 0 Å². The molecule has 156 valence electrons. The zero-order valence-corrected chi connectivity index (χ0v) is 15.8. The van der Waals surface area contributed by atoms with Crippen LogP contribution in [0.25, 0.3) is 5.82 Å². The van der Waals surface area contributed by atoms with Gasteiger partial charge in [0.15, 0.2) is 23.3 Å². The lowest BCUT2D eigenvalue weighted by molar-refractivity contribution is -0.116. The number of amides is 2. The number of hydrogen-bond acceptors (Lipinski definition) is 5. The van der Waals surface area contributed by atoms with Gasteiger partial charge in [0, 0.05) is 12.7 Å². The van der Waals surface area contributed by atoms with Crippen LogP contribution in [0.1, 0.15) is 23.7 Å². The molecule has 2 heterocycles. The van der Waals surface area contributed by atoms with E-state index < -0.39 is 41.5 Å². The summed E-state index contributed by atoms with van der Waals surface area (Å²) in [6.45, 7) is 1.66. The molecule has 1 N–H and O–H groups in total. The lowest BCUT2D eigenvalue weighted by Gasteiger charge is -2.21. The lowest BCUT2D eigenvalue weighted by atomic mass is 10.2. The van der Waals surface area contributed by atoms with Gasteiger partial charge in [0.2, 0.25) is 5.91 Å². The summed E-state index contributed by atoms with van der Waals surface area (Å²) in [5.41, 5.74) is -0.277. The molecule has 0 unspecified atom stereocenters. The third kappa shape index (κ3) is 4.62. The van der Waals surface area contributed by atoms with Crippen molar-refractivity contribution in [3.63, 3.8) is 0 Å². The number of rotatable bonds is 7. The van der Waals surface area contributed by atoms with Crippen LogP contribution >= 0.6 is 0 Å². The topological polar surface area (TPSA) is 93.0 Å². The van der Waals surface area contributed by atoms with E-state index in [1.54, 1.807) is 6.07 Å². The Morgan fingerprint density at radius 2 is 1.93 bits per heavy atom. The van der Waals surface area contributed by atoms with E-state index in [1.165, 1.54) is 34.5 Å². The number of halogens is 3. The lowest BCUT2D eigenvalue weighted by Crippen LogP contribution is -2.38. The van der Waals surface area contributed by atoms with Gasteiger partial charge in [-0.2, -0.15) is 5.10 Å². The molecule has 8 nitrogen and oxygen atoms in total. The molecule has 30 heavy (non-hydrogen) atoms. The predicted octanol–water partition coefficient (Wildman–Crippen LogP) is 2.57. The van der Waals surface area contributed by atoms with Crippen LogP contribution in [0.2, 0.25) is 0 Å². The SMILES string of the molecule is CCCN(CC(=O)Nc1ccc(F)c(F)c1F)C(=O)c1ccc(-n2cncn2)nc1. The smallest absolute Gasteiger partial charge is 0.255 e. The fraction of sp³-hybridized carbons (Fsp3) is 0.211. The summed E-state index contributed by atoms with van der Waals surface area (Å²) in [5, 5.41) is 6.09. The van der Waals surface area contributed by atoms with Crippen molar-refractivity contribution in [2.75, 3.05) is 18.4 Å². The van der Waals surface area contributed by atoms with Crippen LogP contribution in [-0.2, 0) is 4.79 Å². The first-order valence-electron chi connectivity index (χ1n) is 8.94. The van der Waals surface area contributed by atoms with Gasteiger partial charge in [-0.15, -0.1) is 0 Å². The van der Waals surface area contributed by atoms with Crippen molar-refractivity contribution in [2.45, 2.75) is 13.3 Å². The van der Waals surface area contributed by atoms with E-state index in [2.05, 4.69) is 20.4 Å². The Bertz CT molecular complexity index is 1040. The zero-order valence-electron chi connectivity index (χ0n) is 15.8. The number of benzene rings is 1. The molecule has 2 aromatic heterocycles. The van der Waals surface area contributed by atoms with Crippen molar-refractivity contribution in [3.05, 3.63) is 66.1 Å². The van der Waals surface area contributed by atoms with Crippen LogP contribution in [0, 0.1) is 17.5 Å². The van der Waals surface area contributed by atoms with Crippen molar-refractivity contribution < 1.29 is 22.8 Å². The van der Waals surface area contributed by atoms with E-state index in [-0.39, 0.29) is 12.1 Å². The Morgan fingerprint density at radius 3 is 2.57 bits per heavy atom. The van der Waals surface area contributed by atoms with E-state index in [4.69, 9.17) is 0 Å². The molecule has 1 aromatic carbocycles. The minimum atomic E-state index is -1.69. The Kier molecular flexibility index (Phi) is 6.40. The van der Waals surface area contributed by atoms with Gasteiger partial charge in [-0.25, -0.2) is 27.8 Å². The maximum atomic E-state index is 13.8. The van der Waals surface area contributed by atoms with E-state index in [0.29, 0.717) is 18.3 Å². The maximum Gasteiger partial charge on any atom is 0.255 e. The quantitative estimate of drug-likeness (QED) is 0.596. The van der Waals surface area contributed by atoms with Crippen LogP contribution in [-0.4, -0.2) is 49.6 Å². The first-order valence-corrected chi connectivity index (χ1v) is 8.94. The van der Waals surface area contributed by atoms with Gasteiger partial charge >= 0.3 is 0 Å². The molecule has 0 radical (unpaired) electrons. The fourth-order valence-corrected chi connectivity index (χ4v) is 2.67. The molecule has 11 heteroatoms. The van der Waals surface area contributed by atoms with E-state index in [0.717, 1.165) is 6.07 Å². The van der Waals surface area contributed by atoms with Crippen LogP contribution in [0.15, 0.2) is 43.1 Å². The molecule has 3 aromatic rings. The highest BCUT2D eigenvalue weighted by atomic mass is 19.2. The van der Waals surface area contributed by atoms with Gasteiger partial charge in [-0.1, -0.05) is 6.92 Å². The largest absolute Gasteiger partial charge is 0.329 e. The van der Waals surface area contributed by atoms with Gasteiger partial charge in [-0.05, 0) is 30.7 Å². The van der Waals surface area contributed by atoms with Gasteiger partial charge < -0.3 is 10.2 Å². The Morgan fingerprint density at radius 1 is 1.13 bits per heavy atom. The Balaban J connectivity index is 1.71. The van der Waals surface area contributed by atoms with Gasteiger partial charge in [0.25, 0.3) is 5.91 Å². The number of hydrogen-bond donors (Lipinski definition) is 1. The summed E-state index contributed by atoms with van der Waals surface area (Å²) in [5.74, 6) is -5.32. The number of carbonyl (C=O) groups excluding carboxylic acids is 2. The van der Waals surface area contributed by atoms with Crippen LogP contribution < -0.4 is 5.32 Å². The second-order valence-electron chi connectivity index (χ2n) is 6.24. The van der Waals surface area contributed by atoms with E-state index >= 15 is 0 Å². The van der Waals surface area contributed by atoms with Crippen LogP contribution in [0.5, 0.6) is 0 Å². The first kappa shape index (κ1) is 21.0. The molecule has 0 aliphatic carbocycles. The second-order valence-corrected chi connectivity index (χ2v) is 6.24. The number of nitrogens with zero attached hydrogens (tertiary/aromatic N) is 5. The molecule has 0 bridgehead atoms. The number of anilines is 1. The highest BCUT2D eigenvalue weighted by Crippen LogP contribution is 2.19. The highest BCUT2D eigenvalue weighted by Gasteiger charge is 2.21. The molecule has 0 saturated carbocycles. The molecular weight excluding hydrogens is 401 g/mol. The summed E-state index contributed by atoms with van der Waals surface area (Å²) in [7, 11) is 0. The molecule has 0 atom stereocenters. The number of nitrogens with one attached hydrogen (secondary N) is 1. The molecular formula is C19H17F3N6O2. The van der Waals surface area contributed by atoms with Gasteiger partial charge in [-0.3, -0.25) is 9.59 Å².